The van der Waals surface area contributed by atoms with Crippen LogP contribution in [0, 0.1) is 17.3 Å². The van der Waals surface area contributed by atoms with Crippen molar-refractivity contribution in [1.29, 1.82) is 0 Å². The predicted molar refractivity (Wildman–Crippen MR) is 68.9 cm³/mol. The van der Waals surface area contributed by atoms with E-state index in [-0.39, 0.29) is 35.7 Å². The minimum atomic E-state index is -0.551. The Hall–Kier alpha value is -1.68. The third-order valence-electron chi connectivity index (χ3n) is 4.50. The Balaban J connectivity index is 1.91. The first-order chi connectivity index (χ1) is 9.00. The Bertz CT molecular complexity index is 514. The van der Waals surface area contributed by atoms with Crippen molar-refractivity contribution in [2.24, 2.45) is 17.3 Å². The maximum Gasteiger partial charge on any atom is 0.234 e. The number of aliphatic hydroxyl groups is 1. The van der Waals surface area contributed by atoms with Gasteiger partial charge < -0.3 is 5.11 Å². The van der Waals surface area contributed by atoms with E-state index in [9.17, 15) is 14.7 Å². The number of aliphatic hydroxyl groups excluding tert-OH is 1. The second-order valence-corrected chi connectivity index (χ2v) is 5.93. The van der Waals surface area contributed by atoms with Crippen LogP contribution in [-0.4, -0.2) is 28.4 Å². The van der Waals surface area contributed by atoms with Gasteiger partial charge in [0, 0.05) is 0 Å². The molecule has 0 spiro atoms. The molecule has 19 heavy (non-hydrogen) atoms. The Morgan fingerprint density at radius 2 is 1.68 bits per heavy atom. The molecule has 2 unspecified atom stereocenters. The van der Waals surface area contributed by atoms with E-state index >= 15 is 0 Å². The number of likely N-dealkylation sites (tertiary alicyclic amines) is 1. The standard InChI is InChI=1S/C15H17NO3/c1-15(2)11-12(15)14(19)16(13(11)18)10(8-17)9-6-4-3-5-7-9/h3-7,10-12,17H,8H2,1-2H3/t10-,11?,12?/m1/s1. The van der Waals surface area contributed by atoms with E-state index in [2.05, 4.69) is 0 Å². The zero-order valence-corrected chi connectivity index (χ0v) is 11.0. The summed E-state index contributed by atoms with van der Waals surface area (Å²) >= 11 is 0. The van der Waals surface area contributed by atoms with Gasteiger partial charge in [-0.15, -0.1) is 0 Å². The largest absolute Gasteiger partial charge is 0.394 e. The number of amides is 2. The van der Waals surface area contributed by atoms with Crippen LogP contribution in [0.3, 0.4) is 0 Å². The number of carbonyl (C=O) groups excluding carboxylic acids is 2. The van der Waals surface area contributed by atoms with Crippen LogP contribution in [0.4, 0.5) is 0 Å². The highest BCUT2D eigenvalue weighted by molar-refractivity contribution is 6.10. The van der Waals surface area contributed by atoms with Gasteiger partial charge >= 0.3 is 0 Å². The van der Waals surface area contributed by atoms with Crippen LogP contribution < -0.4 is 0 Å². The molecule has 1 aromatic rings. The summed E-state index contributed by atoms with van der Waals surface area (Å²) in [6.45, 7) is 3.67. The number of fused-ring (bicyclic) bond motifs is 1. The fraction of sp³-hybridized carbons (Fsp3) is 0.467. The first-order valence-corrected chi connectivity index (χ1v) is 6.53. The van der Waals surface area contributed by atoms with E-state index in [4.69, 9.17) is 0 Å². The Morgan fingerprint density at radius 1 is 1.16 bits per heavy atom. The molecule has 3 rings (SSSR count). The molecule has 0 aromatic heterocycles. The van der Waals surface area contributed by atoms with E-state index in [1.54, 1.807) is 0 Å². The summed E-state index contributed by atoms with van der Waals surface area (Å²) in [5.41, 5.74) is 0.590. The SMILES string of the molecule is CC1(C)C2C(=O)N([C@H](CO)c3ccccc3)C(=O)C21. The fourth-order valence-corrected chi connectivity index (χ4v) is 3.29. The molecule has 4 nitrogen and oxygen atoms in total. The minimum Gasteiger partial charge on any atom is -0.394 e. The summed E-state index contributed by atoms with van der Waals surface area (Å²) in [7, 11) is 0. The van der Waals surface area contributed by atoms with Crippen molar-refractivity contribution < 1.29 is 14.7 Å². The summed E-state index contributed by atoms with van der Waals surface area (Å²) in [6, 6.07) is 8.66. The van der Waals surface area contributed by atoms with Crippen LogP contribution in [0.5, 0.6) is 0 Å². The Morgan fingerprint density at radius 3 is 2.16 bits per heavy atom. The summed E-state index contributed by atoms with van der Waals surface area (Å²) < 4.78 is 0. The molecule has 1 saturated carbocycles. The zero-order chi connectivity index (χ0) is 13.8. The van der Waals surface area contributed by atoms with Crippen molar-refractivity contribution in [3.8, 4) is 0 Å². The summed E-state index contributed by atoms with van der Waals surface area (Å²) in [6.07, 6.45) is 0. The molecule has 1 aliphatic heterocycles. The van der Waals surface area contributed by atoms with Gasteiger partial charge in [-0.3, -0.25) is 14.5 Å². The smallest absolute Gasteiger partial charge is 0.234 e. The van der Waals surface area contributed by atoms with Crippen molar-refractivity contribution in [3.63, 3.8) is 0 Å². The van der Waals surface area contributed by atoms with Gasteiger partial charge in [-0.2, -0.15) is 0 Å². The maximum atomic E-state index is 12.3. The molecule has 3 atom stereocenters. The minimum absolute atomic E-state index is 0.136. The van der Waals surface area contributed by atoms with Gasteiger partial charge in [0.25, 0.3) is 0 Å². The van der Waals surface area contributed by atoms with Gasteiger partial charge in [0.2, 0.25) is 11.8 Å². The van der Waals surface area contributed by atoms with Gasteiger partial charge in [-0.05, 0) is 11.0 Å². The highest BCUT2D eigenvalue weighted by Crippen LogP contribution is 2.64. The topological polar surface area (TPSA) is 57.6 Å². The summed E-state index contributed by atoms with van der Waals surface area (Å²) in [5.74, 6) is -0.665. The van der Waals surface area contributed by atoms with Gasteiger partial charge in [-0.1, -0.05) is 44.2 Å². The van der Waals surface area contributed by atoms with Crippen LogP contribution in [0.1, 0.15) is 25.5 Å². The van der Waals surface area contributed by atoms with Crippen molar-refractivity contribution >= 4 is 11.8 Å². The average molecular weight is 259 g/mol. The lowest BCUT2D eigenvalue weighted by molar-refractivity contribution is -0.147. The molecule has 2 aliphatic rings. The van der Waals surface area contributed by atoms with E-state index in [1.165, 1.54) is 4.90 Å². The van der Waals surface area contributed by atoms with E-state index in [0.717, 1.165) is 5.56 Å². The van der Waals surface area contributed by atoms with Crippen LogP contribution in [0.25, 0.3) is 0 Å². The number of hydrogen-bond donors (Lipinski definition) is 1. The van der Waals surface area contributed by atoms with Gasteiger partial charge in [-0.25, -0.2) is 0 Å². The molecule has 2 fully saturated rings. The lowest BCUT2D eigenvalue weighted by Crippen LogP contribution is -2.40. The highest BCUT2D eigenvalue weighted by Gasteiger charge is 2.73. The number of benzene rings is 1. The van der Waals surface area contributed by atoms with Crippen molar-refractivity contribution in [1.82, 2.24) is 4.90 Å². The molecule has 0 radical (unpaired) electrons. The second-order valence-electron chi connectivity index (χ2n) is 5.93. The molecule has 0 bridgehead atoms. The van der Waals surface area contributed by atoms with E-state index in [0.29, 0.717) is 0 Å². The van der Waals surface area contributed by atoms with Crippen molar-refractivity contribution in [2.75, 3.05) is 6.61 Å². The highest BCUT2D eigenvalue weighted by atomic mass is 16.3. The van der Waals surface area contributed by atoms with E-state index in [1.807, 2.05) is 44.2 Å². The lowest BCUT2D eigenvalue weighted by Gasteiger charge is -2.28. The molecular weight excluding hydrogens is 242 g/mol. The molecule has 1 N–H and O–H groups in total. The Kier molecular flexibility index (Phi) is 2.54. The Labute approximate surface area is 112 Å². The fourth-order valence-electron chi connectivity index (χ4n) is 3.29. The lowest BCUT2D eigenvalue weighted by atomic mass is 10.0. The summed E-state index contributed by atoms with van der Waals surface area (Å²) in [4.78, 5) is 25.9. The number of imide groups is 1. The van der Waals surface area contributed by atoms with Gasteiger partial charge in [0.15, 0.2) is 0 Å². The maximum absolute atomic E-state index is 12.3. The van der Waals surface area contributed by atoms with Crippen LogP contribution in [0.15, 0.2) is 30.3 Å². The van der Waals surface area contributed by atoms with Gasteiger partial charge in [0.05, 0.1) is 24.5 Å². The molecule has 1 saturated heterocycles. The van der Waals surface area contributed by atoms with Crippen LogP contribution in [-0.2, 0) is 9.59 Å². The molecule has 1 aliphatic carbocycles. The third kappa shape index (κ3) is 1.56. The first-order valence-electron chi connectivity index (χ1n) is 6.53. The van der Waals surface area contributed by atoms with Crippen LogP contribution >= 0.6 is 0 Å². The quantitative estimate of drug-likeness (QED) is 0.834. The zero-order valence-electron chi connectivity index (χ0n) is 11.0. The first kappa shape index (κ1) is 12.4. The average Bonchev–Trinajstić information content (AvgIpc) is 2.86. The van der Waals surface area contributed by atoms with Crippen molar-refractivity contribution in [2.45, 2.75) is 19.9 Å². The van der Waals surface area contributed by atoms with Crippen LogP contribution in [0.2, 0.25) is 0 Å². The van der Waals surface area contributed by atoms with Crippen molar-refractivity contribution in [3.05, 3.63) is 35.9 Å². The number of piperidine rings is 1. The summed E-state index contributed by atoms with van der Waals surface area (Å²) in [5, 5.41) is 9.56. The normalized spacial score (nSPS) is 29.3. The monoisotopic (exact) mass is 259 g/mol. The molecule has 1 aromatic carbocycles. The number of carbonyl (C=O) groups is 2. The number of nitrogens with zero attached hydrogens (tertiary/aromatic N) is 1. The number of hydrogen-bond acceptors (Lipinski definition) is 3. The van der Waals surface area contributed by atoms with Gasteiger partial charge in [0.1, 0.15) is 0 Å². The predicted octanol–water partition coefficient (Wildman–Crippen LogP) is 1.36. The molecular formula is C15H17NO3. The number of rotatable bonds is 3. The second kappa shape index (κ2) is 3.90. The third-order valence-corrected chi connectivity index (χ3v) is 4.50. The molecule has 4 heteroatoms. The van der Waals surface area contributed by atoms with E-state index < -0.39 is 6.04 Å². The molecule has 100 valence electrons. The molecule has 2 amide bonds. The molecule has 1 heterocycles.